The highest BCUT2D eigenvalue weighted by molar-refractivity contribution is 7.89. The summed E-state index contributed by atoms with van der Waals surface area (Å²) < 4.78 is 49.5. The van der Waals surface area contributed by atoms with Gasteiger partial charge in [-0.3, -0.25) is 4.79 Å². The standard InChI is InChI=1S/C27H24N2O8S/c1-34-21-7-3-17(4-8-21)14-29(38(32,33)22-9-5-18(6-10-22)27(31)35-2)15-20-11-19-12-24-25(37-16-36-24)13-23(19)28-26(20)30/h3-13H,14-16H2,1-2H3,(H,28,30). The number of nitrogens with zero attached hydrogens (tertiary/aromatic N) is 1. The molecule has 0 saturated carbocycles. The van der Waals surface area contributed by atoms with Crippen LogP contribution in [0, 0.1) is 0 Å². The third-order valence-corrected chi connectivity index (χ3v) is 8.00. The Kier molecular flexibility index (Phi) is 6.79. The van der Waals surface area contributed by atoms with Crippen molar-refractivity contribution in [2.45, 2.75) is 18.0 Å². The number of aromatic amines is 1. The number of aromatic nitrogens is 1. The summed E-state index contributed by atoms with van der Waals surface area (Å²) in [4.78, 5) is 27.6. The molecule has 1 aromatic heterocycles. The molecule has 0 radical (unpaired) electrons. The lowest BCUT2D eigenvalue weighted by Gasteiger charge is -2.23. The number of fused-ring (bicyclic) bond motifs is 2. The highest BCUT2D eigenvalue weighted by Crippen LogP contribution is 2.35. The second-order valence-electron chi connectivity index (χ2n) is 8.55. The summed E-state index contributed by atoms with van der Waals surface area (Å²) in [6, 6.07) is 17.5. The summed E-state index contributed by atoms with van der Waals surface area (Å²) in [5.41, 5.74) is 1.29. The summed E-state index contributed by atoms with van der Waals surface area (Å²) in [6.07, 6.45) is 0. The SMILES string of the molecule is COC(=O)c1ccc(S(=O)(=O)N(Cc2ccc(OC)cc2)Cc2cc3cc4c(cc3[nH]c2=O)OCO4)cc1. The number of benzene rings is 3. The predicted octanol–water partition coefficient (Wildman–Crippen LogP) is 3.44. The first-order valence-corrected chi connectivity index (χ1v) is 13.0. The summed E-state index contributed by atoms with van der Waals surface area (Å²) >= 11 is 0. The molecule has 0 fully saturated rings. The number of ether oxygens (including phenoxy) is 4. The van der Waals surface area contributed by atoms with E-state index in [2.05, 4.69) is 4.98 Å². The molecular formula is C27H24N2O8S. The molecule has 0 aliphatic carbocycles. The third-order valence-electron chi connectivity index (χ3n) is 6.19. The van der Waals surface area contributed by atoms with Crippen molar-refractivity contribution in [3.63, 3.8) is 0 Å². The van der Waals surface area contributed by atoms with Crippen LogP contribution in [0.5, 0.6) is 17.2 Å². The van der Waals surface area contributed by atoms with Gasteiger partial charge in [0, 0.05) is 30.1 Å². The number of nitrogens with one attached hydrogen (secondary N) is 1. The van der Waals surface area contributed by atoms with Gasteiger partial charge in [0.25, 0.3) is 5.56 Å². The fourth-order valence-corrected chi connectivity index (χ4v) is 5.55. The third kappa shape index (κ3) is 4.93. The Hall–Kier alpha value is -4.35. The number of methoxy groups -OCH3 is 2. The number of esters is 1. The molecule has 1 aliphatic heterocycles. The smallest absolute Gasteiger partial charge is 0.337 e. The number of sulfonamides is 1. The van der Waals surface area contributed by atoms with Gasteiger partial charge in [-0.2, -0.15) is 4.31 Å². The van der Waals surface area contributed by atoms with Gasteiger partial charge in [-0.1, -0.05) is 12.1 Å². The summed E-state index contributed by atoms with van der Waals surface area (Å²) in [5.74, 6) is 1.13. The molecule has 1 N–H and O–H groups in total. The Morgan fingerprint density at radius 1 is 0.947 bits per heavy atom. The first-order valence-electron chi connectivity index (χ1n) is 11.6. The van der Waals surface area contributed by atoms with Crippen LogP contribution in [-0.2, 0) is 27.8 Å². The molecule has 0 saturated heterocycles. The minimum atomic E-state index is -4.09. The van der Waals surface area contributed by atoms with Crippen LogP contribution in [0.15, 0.2) is 76.4 Å². The summed E-state index contributed by atoms with van der Waals surface area (Å²) in [5, 5.41) is 0.674. The van der Waals surface area contributed by atoms with E-state index in [-0.39, 0.29) is 35.9 Å². The fourth-order valence-electron chi connectivity index (χ4n) is 4.14. The largest absolute Gasteiger partial charge is 0.497 e. The van der Waals surface area contributed by atoms with Crippen molar-refractivity contribution in [3.05, 3.63) is 93.8 Å². The minimum Gasteiger partial charge on any atom is -0.497 e. The Morgan fingerprint density at radius 2 is 1.63 bits per heavy atom. The zero-order chi connectivity index (χ0) is 26.9. The topological polar surface area (TPSA) is 124 Å². The average Bonchev–Trinajstić information content (AvgIpc) is 3.39. The monoisotopic (exact) mass is 536 g/mol. The van der Waals surface area contributed by atoms with Gasteiger partial charge in [0.1, 0.15) is 5.75 Å². The molecule has 11 heteroatoms. The van der Waals surface area contributed by atoms with Crippen molar-refractivity contribution in [2.75, 3.05) is 21.0 Å². The molecule has 5 rings (SSSR count). The summed E-state index contributed by atoms with van der Waals surface area (Å²) in [6.45, 7) is -0.123. The van der Waals surface area contributed by atoms with E-state index in [1.807, 2.05) is 0 Å². The summed E-state index contributed by atoms with van der Waals surface area (Å²) in [7, 11) is -1.30. The number of carbonyl (C=O) groups excluding carboxylic acids is 1. The number of pyridine rings is 1. The van der Waals surface area contributed by atoms with E-state index in [1.54, 1.807) is 49.6 Å². The number of H-pyrrole nitrogens is 1. The van der Waals surface area contributed by atoms with Crippen molar-refractivity contribution < 1.29 is 32.2 Å². The lowest BCUT2D eigenvalue weighted by molar-refractivity contribution is 0.0600. The Labute approximate surface area is 218 Å². The highest BCUT2D eigenvalue weighted by Gasteiger charge is 2.27. The maximum Gasteiger partial charge on any atom is 0.337 e. The number of hydrogen-bond acceptors (Lipinski definition) is 8. The lowest BCUT2D eigenvalue weighted by atomic mass is 10.1. The molecule has 10 nitrogen and oxygen atoms in total. The van der Waals surface area contributed by atoms with Crippen LogP contribution in [0.1, 0.15) is 21.5 Å². The van der Waals surface area contributed by atoms with Crippen LogP contribution < -0.4 is 19.8 Å². The van der Waals surface area contributed by atoms with Crippen molar-refractivity contribution in [3.8, 4) is 17.2 Å². The van der Waals surface area contributed by atoms with Gasteiger partial charge in [-0.05, 0) is 54.1 Å². The van der Waals surface area contributed by atoms with Crippen LogP contribution in [-0.4, -0.2) is 44.7 Å². The van der Waals surface area contributed by atoms with Crippen LogP contribution in [0.3, 0.4) is 0 Å². The first-order chi connectivity index (χ1) is 18.3. The van der Waals surface area contributed by atoms with Gasteiger partial charge in [0.2, 0.25) is 16.8 Å². The zero-order valence-corrected chi connectivity index (χ0v) is 21.4. The average molecular weight is 537 g/mol. The molecule has 0 spiro atoms. The molecule has 0 amide bonds. The minimum absolute atomic E-state index is 0.0102. The van der Waals surface area contributed by atoms with Crippen LogP contribution in [0.25, 0.3) is 10.9 Å². The van der Waals surface area contributed by atoms with Gasteiger partial charge in [-0.15, -0.1) is 0 Å². The molecule has 0 bridgehead atoms. The van der Waals surface area contributed by atoms with Gasteiger partial charge in [0.15, 0.2) is 11.5 Å². The maximum atomic E-state index is 13.8. The van der Waals surface area contributed by atoms with E-state index in [9.17, 15) is 18.0 Å². The second kappa shape index (κ2) is 10.2. The van der Waals surface area contributed by atoms with Crippen molar-refractivity contribution >= 4 is 26.9 Å². The van der Waals surface area contributed by atoms with E-state index >= 15 is 0 Å². The zero-order valence-electron chi connectivity index (χ0n) is 20.6. The molecule has 196 valence electrons. The van der Waals surface area contributed by atoms with E-state index in [1.165, 1.54) is 35.7 Å². The van der Waals surface area contributed by atoms with E-state index in [0.717, 1.165) is 0 Å². The van der Waals surface area contributed by atoms with Gasteiger partial charge < -0.3 is 23.9 Å². The van der Waals surface area contributed by atoms with E-state index in [4.69, 9.17) is 18.9 Å². The molecule has 4 aromatic rings. The molecule has 3 aromatic carbocycles. The second-order valence-corrected chi connectivity index (χ2v) is 10.5. The maximum absolute atomic E-state index is 13.8. The highest BCUT2D eigenvalue weighted by atomic mass is 32.2. The van der Waals surface area contributed by atoms with Gasteiger partial charge >= 0.3 is 5.97 Å². The Bertz CT molecular complexity index is 1660. The molecule has 0 unspecified atom stereocenters. The lowest BCUT2D eigenvalue weighted by Crippen LogP contribution is -2.32. The van der Waals surface area contributed by atoms with E-state index in [0.29, 0.717) is 33.7 Å². The van der Waals surface area contributed by atoms with E-state index < -0.39 is 21.6 Å². The fraction of sp³-hybridized carbons (Fsp3) is 0.185. The van der Waals surface area contributed by atoms with Crippen molar-refractivity contribution in [1.82, 2.24) is 9.29 Å². The molecule has 38 heavy (non-hydrogen) atoms. The normalized spacial score (nSPS) is 12.6. The van der Waals surface area contributed by atoms with Gasteiger partial charge in [0.05, 0.1) is 30.2 Å². The molecule has 2 heterocycles. The van der Waals surface area contributed by atoms with Crippen LogP contribution in [0.4, 0.5) is 0 Å². The Morgan fingerprint density at radius 3 is 2.29 bits per heavy atom. The molecule has 0 atom stereocenters. The molecule has 1 aliphatic rings. The van der Waals surface area contributed by atoms with Crippen LogP contribution >= 0.6 is 0 Å². The van der Waals surface area contributed by atoms with Crippen molar-refractivity contribution in [1.29, 1.82) is 0 Å². The number of carbonyl (C=O) groups is 1. The quantitative estimate of drug-likeness (QED) is 0.340. The van der Waals surface area contributed by atoms with Gasteiger partial charge in [-0.25, -0.2) is 13.2 Å². The van der Waals surface area contributed by atoms with Crippen molar-refractivity contribution in [2.24, 2.45) is 0 Å². The number of hydrogen-bond donors (Lipinski definition) is 1. The predicted molar refractivity (Wildman–Crippen MR) is 138 cm³/mol. The Balaban J connectivity index is 1.53. The molecular weight excluding hydrogens is 512 g/mol. The first kappa shape index (κ1) is 25.3. The number of rotatable bonds is 8. The van der Waals surface area contributed by atoms with Crippen LogP contribution in [0.2, 0.25) is 0 Å².